The highest BCUT2D eigenvalue weighted by Crippen LogP contribution is 2.10. The minimum absolute atomic E-state index is 0.106. The minimum Gasteiger partial charge on any atom is -0.345 e. The second kappa shape index (κ2) is 5.40. The standard InChI is InChI=1S/C11H11N3O2S/c15-8-9-2-1-5-14(9)6-3-10(16)13-11-12-4-7-17-11/h1-2,4-5,7-8H,3,6H2,(H,12,13,16). The summed E-state index contributed by atoms with van der Waals surface area (Å²) >= 11 is 1.38. The molecule has 0 aliphatic carbocycles. The number of hydrogen-bond donors (Lipinski definition) is 1. The van der Waals surface area contributed by atoms with E-state index in [0.717, 1.165) is 6.29 Å². The van der Waals surface area contributed by atoms with Crippen molar-refractivity contribution in [3.05, 3.63) is 35.6 Å². The number of amides is 1. The second-order valence-electron chi connectivity index (χ2n) is 3.38. The van der Waals surface area contributed by atoms with E-state index in [1.807, 2.05) is 0 Å². The first kappa shape index (κ1) is 11.5. The maximum absolute atomic E-state index is 11.6. The number of carbonyl (C=O) groups excluding carboxylic acids is 2. The van der Waals surface area contributed by atoms with Crippen LogP contribution in [0.1, 0.15) is 16.9 Å². The summed E-state index contributed by atoms with van der Waals surface area (Å²) in [5.41, 5.74) is 0.576. The Balaban J connectivity index is 1.86. The van der Waals surface area contributed by atoms with E-state index >= 15 is 0 Å². The van der Waals surface area contributed by atoms with Gasteiger partial charge in [-0.3, -0.25) is 9.59 Å². The third-order valence-corrected chi connectivity index (χ3v) is 2.93. The number of hydrogen-bond acceptors (Lipinski definition) is 4. The van der Waals surface area contributed by atoms with Crippen molar-refractivity contribution in [2.24, 2.45) is 0 Å². The molecule has 5 nitrogen and oxygen atoms in total. The summed E-state index contributed by atoms with van der Waals surface area (Å²) in [7, 11) is 0. The van der Waals surface area contributed by atoms with E-state index in [-0.39, 0.29) is 5.91 Å². The van der Waals surface area contributed by atoms with Crippen LogP contribution in [-0.2, 0) is 11.3 Å². The van der Waals surface area contributed by atoms with Gasteiger partial charge in [0.15, 0.2) is 11.4 Å². The summed E-state index contributed by atoms with van der Waals surface area (Å²) in [6.07, 6.45) is 4.50. The molecule has 0 bridgehead atoms. The van der Waals surface area contributed by atoms with Crippen LogP contribution >= 0.6 is 11.3 Å². The number of aromatic nitrogens is 2. The molecule has 0 saturated heterocycles. The number of carbonyl (C=O) groups is 2. The molecule has 0 unspecified atom stereocenters. The molecule has 2 heterocycles. The van der Waals surface area contributed by atoms with E-state index in [2.05, 4.69) is 10.3 Å². The summed E-state index contributed by atoms with van der Waals surface area (Å²) in [4.78, 5) is 26.2. The van der Waals surface area contributed by atoms with Crippen LogP contribution in [0.15, 0.2) is 29.9 Å². The van der Waals surface area contributed by atoms with Crippen molar-refractivity contribution < 1.29 is 9.59 Å². The van der Waals surface area contributed by atoms with Gasteiger partial charge in [-0.2, -0.15) is 0 Å². The van der Waals surface area contributed by atoms with Crippen LogP contribution in [0.2, 0.25) is 0 Å². The normalized spacial score (nSPS) is 10.1. The van der Waals surface area contributed by atoms with Crippen LogP contribution in [0.4, 0.5) is 5.13 Å². The molecular formula is C11H11N3O2S. The van der Waals surface area contributed by atoms with Gasteiger partial charge >= 0.3 is 0 Å². The molecule has 0 spiro atoms. The Labute approximate surface area is 102 Å². The van der Waals surface area contributed by atoms with Gasteiger partial charge in [0.2, 0.25) is 5.91 Å². The van der Waals surface area contributed by atoms with E-state index in [4.69, 9.17) is 0 Å². The molecule has 0 atom stereocenters. The average molecular weight is 249 g/mol. The monoisotopic (exact) mass is 249 g/mol. The summed E-state index contributed by atoms with van der Waals surface area (Å²) in [5, 5.41) is 5.08. The fourth-order valence-corrected chi connectivity index (χ4v) is 1.97. The predicted molar refractivity (Wildman–Crippen MR) is 65.2 cm³/mol. The highest BCUT2D eigenvalue weighted by molar-refractivity contribution is 7.13. The molecule has 0 aliphatic rings. The van der Waals surface area contributed by atoms with E-state index in [1.165, 1.54) is 11.3 Å². The van der Waals surface area contributed by atoms with Gasteiger partial charge in [-0.15, -0.1) is 11.3 Å². The van der Waals surface area contributed by atoms with Crippen LogP contribution in [0, 0.1) is 0 Å². The van der Waals surface area contributed by atoms with Gasteiger partial charge in [0.1, 0.15) is 0 Å². The van der Waals surface area contributed by atoms with E-state index in [9.17, 15) is 9.59 Å². The van der Waals surface area contributed by atoms with Gasteiger partial charge in [-0.05, 0) is 12.1 Å². The van der Waals surface area contributed by atoms with Crippen LogP contribution in [-0.4, -0.2) is 21.7 Å². The summed E-state index contributed by atoms with van der Waals surface area (Å²) in [6, 6.07) is 3.49. The topological polar surface area (TPSA) is 64.0 Å². The lowest BCUT2D eigenvalue weighted by Crippen LogP contribution is -2.14. The van der Waals surface area contributed by atoms with Crippen LogP contribution in [0.3, 0.4) is 0 Å². The number of thiazole rings is 1. The summed E-state index contributed by atoms with van der Waals surface area (Å²) in [6.45, 7) is 0.484. The summed E-state index contributed by atoms with van der Waals surface area (Å²) in [5.74, 6) is -0.106. The molecule has 0 aromatic carbocycles. The molecule has 2 aromatic heterocycles. The van der Waals surface area contributed by atoms with E-state index in [1.54, 1.807) is 34.5 Å². The lowest BCUT2D eigenvalue weighted by Gasteiger charge is -2.04. The van der Waals surface area contributed by atoms with Crippen molar-refractivity contribution in [1.29, 1.82) is 0 Å². The Bertz CT molecular complexity index is 505. The molecule has 0 fully saturated rings. The fourth-order valence-electron chi connectivity index (χ4n) is 1.43. The molecule has 2 rings (SSSR count). The maximum atomic E-state index is 11.6. The maximum Gasteiger partial charge on any atom is 0.227 e. The van der Waals surface area contributed by atoms with Crippen molar-refractivity contribution in [3.63, 3.8) is 0 Å². The van der Waals surface area contributed by atoms with Gasteiger partial charge in [-0.1, -0.05) is 0 Å². The van der Waals surface area contributed by atoms with Gasteiger partial charge in [0.25, 0.3) is 0 Å². The number of rotatable bonds is 5. The molecule has 88 valence electrons. The smallest absolute Gasteiger partial charge is 0.227 e. The zero-order valence-electron chi connectivity index (χ0n) is 9.00. The predicted octanol–water partition coefficient (Wildman–Crippen LogP) is 1.79. The molecule has 0 aliphatic heterocycles. The number of nitrogens with one attached hydrogen (secondary N) is 1. The van der Waals surface area contributed by atoms with Gasteiger partial charge in [0.05, 0.1) is 5.69 Å². The zero-order chi connectivity index (χ0) is 12.1. The van der Waals surface area contributed by atoms with Crippen LogP contribution in [0.5, 0.6) is 0 Å². The molecular weight excluding hydrogens is 238 g/mol. The minimum atomic E-state index is -0.106. The molecule has 2 aromatic rings. The van der Waals surface area contributed by atoms with E-state index < -0.39 is 0 Å². The first-order chi connectivity index (χ1) is 8.29. The lowest BCUT2D eigenvalue weighted by atomic mass is 10.4. The Morgan fingerprint density at radius 1 is 1.59 bits per heavy atom. The van der Waals surface area contributed by atoms with Crippen molar-refractivity contribution in [2.75, 3.05) is 5.32 Å². The van der Waals surface area contributed by atoms with Crippen molar-refractivity contribution in [3.8, 4) is 0 Å². The third kappa shape index (κ3) is 3.01. The molecule has 0 saturated carbocycles. The first-order valence-electron chi connectivity index (χ1n) is 5.09. The van der Waals surface area contributed by atoms with Crippen molar-refractivity contribution in [1.82, 2.24) is 9.55 Å². The van der Waals surface area contributed by atoms with E-state index in [0.29, 0.717) is 23.8 Å². The van der Waals surface area contributed by atoms with Crippen LogP contribution < -0.4 is 5.32 Å². The van der Waals surface area contributed by atoms with Crippen molar-refractivity contribution >= 4 is 28.7 Å². The summed E-state index contributed by atoms with van der Waals surface area (Å²) < 4.78 is 1.74. The number of aldehydes is 1. The Morgan fingerprint density at radius 2 is 2.47 bits per heavy atom. The van der Waals surface area contributed by atoms with Crippen LogP contribution in [0.25, 0.3) is 0 Å². The fraction of sp³-hybridized carbons (Fsp3) is 0.182. The van der Waals surface area contributed by atoms with Gasteiger partial charge in [0, 0.05) is 30.7 Å². The SMILES string of the molecule is O=Cc1cccn1CCC(=O)Nc1nccs1. The second-order valence-corrected chi connectivity index (χ2v) is 4.27. The highest BCUT2D eigenvalue weighted by Gasteiger charge is 2.05. The molecule has 0 radical (unpaired) electrons. The largest absolute Gasteiger partial charge is 0.345 e. The zero-order valence-corrected chi connectivity index (χ0v) is 9.81. The number of aryl methyl sites for hydroxylation is 1. The van der Waals surface area contributed by atoms with Gasteiger partial charge < -0.3 is 9.88 Å². The number of nitrogens with zero attached hydrogens (tertiary/aromatic N) is 2. The number of anilines is 1. The third-order valence-electron chi connectivity index (χ3n) is 2.24. The molecule has 1 amide bonds. The Hall–Kier alpha value is -1.95. The molecule has 6 heteroatoms. The van der Waals surface area contributed by atoms with Crippen molar-refractivity contribution in [2.45, 2.75) is 13.0 Å². The lowest BCUT2D eigenvalue weighted by molar-refractivity contribution is -0.116. The quantitative estimate of drug-likeness (QED) is 0.821. The first-order valence-corrected chi connectivity index (χ1v) is 5.97. The Kier molecular flexibility index (Phi) is 3.66. The highest BCUT2D eigenvalue weighted by atomic mass is 32.1. The molecule has 17 heavy (non-hydrogen) atoms. The average Bonchev–Trinajstić information content (AvgIpc) is 2.96. The Morgan fingerprint density at radius 3 is 3.18 bits per heavy atom. The molecule has 1 N–H and O–H groups in total. The van der Waals surface area contributed by atoms with Gasteiger partial charge in [-0.25, -0.2) is 4.98 Å².